The van der Waals surface area contributed by atoms with Crippen LogP contribution >= 0.6 is 23.2 Å². The number of aliphatic imine (C=N–C) groups is 1. The van der Waals surface area contributed by atoms with Crippen LogP contribution in [0.4, 0.5) is 17.6 Å². The molecule has 1 heterocycles. The standard InChI is InChI=1S/C28H30Cl2F4N4O4/c1-2-42-28(41)16-3-5-19(6-4-16)37-25(26(33)34)20(10-35)27(40)38(13-15-7-17(31)9-18(32)8-15)14-23(39)24-21(29)11-36-12-22(24)30/h7-12,16,19,23,26,39H,2-6,13-14,35H2,1H3. The molecule has 1 fully saturated rings. The van der Waals surface area contributed by atoms with E-state index < -0.39 is 60.5 Å². The summed E-state index contributed by atoms with van der Waals surface area (Å²) in [6.07, 6.45) is -0.311. The molecular weight excluding hydrogens is 603 g/mol. The fourth-order valence-corrected chi connectivity index (χ4v) is 5.38. The van der Waals surface area contributed by atoms with Crippen LogP contribution in [-0.4, -0.2) is 58.2 Å². The number of halogens is 6. The van der Waals surface area contributed by atoms with Gasteiger partial charge in [-0.15, -0.1) is 0 Å². The molecule has 1 amide bonds. The van der Waals surface area contributed by atoms with E-state index in [1.54, 1.807) is 6.92 Å². The molecule has 42 heavy (non-hydrogen) atoms. The van der Waals surface area contributed by atoms with Gasteiger partial charge in [-0.3, -0.25) is 19.6 Å². The molecular formula is C28H30Cl2F4N4O4. The summed E-state index contributed by atoms with van der Waals surface area (Å²) in [5.41, 5.74) is 4.11. The number of aliphatic hydroxyl groups is 1. The van der Waals surface area contributed by atoms with Gasteiger partial charge in [-0.05, 0) is 50.3 Å². The number of hydrogen-bond acceptors (Lipinski definition) is 7. The average molecular weight is 633 g/mol. The van der Waals surface area contributed by atoms with Crippen molar-refractivity contribution in [2.24, 2.45) is 16.6 Å². The maximum absolute atomic E-state index is 14.3. The second kappa shape index (κ2) is 15.3. The Balaban J connectivity index is 1.92. The summed E-state index contributed by atoms with van der Waals surface area (Å²) in [6.45, 7) is 0.850. The monoisotopic (exact) mass is 632 g/mol. The number of rotatable bonds is 11. The second-order valence-electron chi connectivity index (χ2n) is 9.65. The minimum Gasteiger partial charge on any atom is -0.466 e. The summed E-state index contributed by atoms with van der Waals surface area (Å²) in [6, 6.07) is 1.92. The lowest BCUT2D eigenvalue weighted by Crippen LogP contribution is -2.39. The van der Waals surface area contributed by atoms with Gasteiger partial charge in [-0.1, -0.05) is 23.2 Å². The number of pyridine rings is 1. The molecule has 1 aromatic heterocycles. The van der Waals surface area contributed by atoms with E-state index in [9.17, 15) is 32.3 Å². The number of carbonyl (C=O) groups excluding carboxylic acids is 2. The fraction of sp³-hybridized carbons (Fsp3) is 0.429. The van der Waals surface area contributed by atoms with Crippen molar-refractivity contribution < 1.29 is 37.0 Å². The summed E-state index contributed by atoms with van der Waals surface area (Å²) in [5, 5.41) is 10.9. The van der Waals surface area contributed by atoms with Gasteiger partial charge >= 0.3 is 5.97 Å². The summed E-state index contributed by atoms with van der Waals surface area (Å²) in [4.78, 5) is 34.6. The summed E-state index contributed by atoms with van der Waals surface area (Å²) in [7, 11) is 0. The predicted octanol–water partition coefficient (Wildman–Crippen LogP) is 5.40. The highest BCUT2D eigenvalue weighted by Crippen LogP contribution is 2.31. The number of amides is 1. The van der Waals surface area contributed by atoms with Crippen LogP contribution in [0.15, 0.2) is 47.4 Å². The van der Waals surface area contributed by atoms with Crippen molar-refractivity contribution in [1.29, 1.82) is 0 Å². The van der Waals surface area contributed by atoms with Crippen molar-refractivity contribution >= 4 is 40.8 Å². The zero-order chi connectivity index (χ0) is 31.0. The molecule has 1 aliphatic carbocycles. The number of nitrogens with zero attached hydrogens (tertiary/aromatic N) is 3. The summed E-state index contributed by atoms with van der Waals surface area (Å²) < 4.78 is 61.6. The molecule has 2 aromatic rings. The molecule has 14 heteroatoms. The van der Waals surface area contributed by atoms with Crippen LogP contribution in [-0.2, 0) is 20.9 Å². The van der Waals surface area contributed by atoms with Crippen LogP contribution in [0.5, 0.6) is 0 Å². The molecule has 1 saturated carbocycles. The lowest BCUT2D eigenvalue weighted by atomic mass is 9.86. The maximum Gasteiger partial charge on any atom is 0.308 e. The Morgan fingerprint density at radius 1 is 1.14 bits per heavy atom. The van der Waals surface area contributed by atoms with Crippen molar-refractivity contribution in [2.75, 3.05) is 13.2 Å². The van der Waals surface area contributed by atoms with Crippen LogP contribution in [0, 0.1) is 17.6 Å². The van der Waals surface area contributed by atoms with Gasteiger partial charge in [-0.2, -0.15) is 0 Å². The average Bonchev–Trinajstić information content (AvgIpc) is 2.92. The number of aromatic nitrogens is 1. The van der Waals surface area contributed by atoms with E-state index in [0.717, 1.165) is 17.0 Å². The molecule has 1 aromatic carbocycles. The lowest BCUT2D eigenvalue weighted by Gasteiger charge is -2.28. The third kappa shape index (κ3) is 8.65. The normalized spacial score (nSPS) is 18.6. The molecule has 228 valence electrons. The Morgan fingerprint density at radius 2 is 1.74 bits per heavy atom. The highest BCUT2D eigenvalue weighted by molar-refractivity contribution is 6.35. The Bertz CT molecular complexity index is 1300. The zero-order valence-corrected chi connectivity index (χ0v) is 24.1. The predicted molar refractivity (Wildman–Crippen MR) is 149 cm³/mol. The van der Waals surface area contributed by atoms with Gasteiger partial charge < -0.3 is 20.5 Å². The highest BCUT2D eigenvalue weighted by atomic mass is 35.5. The Labute approximate surface area is 250 Å². The number of aliphatic hydroxyl groups excluding tert-OH is 1. The van der Waals surface area contributed by atoms with Crippen LogP contribution in [0.25, 0.3) is 0 Å². The molecule has 3 N–H and O–H groups in total. The molecule has 1 unspecified atom stereocenters. The number of hydrogen-bond donors (Lipinski definition) is 2. The highest BCUT2D eigenvalue weighted by Gasteiger charge is 2.33. The number of esters is 1. The van der Waals surface area contributed by atoms with Crippen molar-refractivity contribution in [2.45, 2.75) is 57.7 Å². The largest absolute Gasteiger partial charge is 0.466 e. The molecule has 0 spiro atoms. The van der Waals surface area contributed by atoms with Crippen LogP contribution in [0.1, 0.15) is 49.8 Å². The van der Waals surface area contributed by atoms with E-state index in [0.29, 0.717) is 37.9 Å². The van der Waals surface area contributed by atoms with E-state index in [2.05, 4.69) is 9.98 Å². The van der Waals surface area contributed by atoms with Crippen molar-refractivity contribution in [1.82, 2.24) is 9.88 Å². The first-order chi connectivity index (χ1) is 19.9. The zero-order valence-electron chi connectivity index (χ0n) is 22.6. The van der Waals surface area contributed by atoms with E-state index in [1.165, 1.54) is 12.4 Å². The Kier molecular flexibility index (Phi) is 12.1. The number of benzene rings is 1. The van der Waals surface area contributed by atoms with E-state index in [1.807, 2.05) is 0 Å². The van der Waals surface area contributed by atoms with Crippen molar-refractivity contribution in [3.8, 4) is 0 Å². The summed E-state index contributed by atoms with van der Waals surface area (Å²) >= 11 is 12.3. The van der Waals surface area contributed by atoms with Crippen molar-refractivity contribution in [3.05, 3.63) is 75.2 Å². The Morgan fingerprint density at radius 3 is 2.26 bits per heavy atom. The van der Waals surface area contributed by atoms with Gasteiger partial charge in [0.15, 0.2) is 0 Å². The Hall–Kier alpha value is -3.22. The molecule has 1 aliphatic rings. The lowest BCUT2D eigenvalue weighted by molar-refractivity contribution is -0.149. The van der Waals surface area contributed by atoms with Gasteiger partial charge in [0.2, 0.25) is 0 Å². The number of nitrogens with two attached hydrogens (primary N) is 1. The molecule has 0 aliphatic heterocycles. The van der Waals surface area contributed by atoms with E-state index in [4.69, 9.17) is 33.7 Å². The topological polar surface area (TPSA) is 118 Å². The van der Waals surface area contributed by atoms with E-state index in [-0.39, 0.29) is 39.7 Å². The van der Waals surface area contributed by atoms with Crippen LogP contribution in [0.2, 0.25) is 10.0 Å². The first-order valence-electron chi connectivity index (χ1n) is 13.1. The van der Waals surface area contributed by atoms with Gasteiger partial charge in [0.1, 0.15) is 17.3 Å². The molecule has 1 atom stereocenters. The SMILES string of the molecule is CCOC(=O)C1CCC(N=C(C(=CN)C(=O)N(Cc2cc(F)cc(F)c2)CC(O)c2c(Cl)cncc2Cl)C(F)F)CC1. The third-order valence-corrected chi connectivity index (χ3v) is 7.32. The number of carbonyl (C=O) groups is 2. The van der Waals surface area contributed by atoms with Gasteiger partial charge in [0.25, 0.3) is 12.3 Å². The molecule has 8 nitrogen and oxygen atoms in total. The fourth-order valence-electron chi connectivity index (χ4n) is 4.76. The van der Waals surface area contributed by atoms with Crippen LogP contribution < -0.4 is 5.73 Å². The van der Waals surface area contributed by atoms with Gasteiger partial charge in [0.05, 0.1) is 46.8 Å². The quantitative estimate of drug-likeness (QED) is 0.148. The molecule has 0 bridgehead atoms. The molecule has 3 rings (SSSR count). The van der Waals surface area contributed by atoms with Gasteiger partial charge in [-0.25, -0.2) is 17.6 Å². The third-order valence-electron chi connectivity index (χ3n) is 6.72. The minimum atomic E-state index is -3.21. The first-order valence-corrected chi connectivity index (χ1v) is 13.9. The maximum atomic E-state index is 14.3. The summed E-state index contributed by atoms with van der Waals surface area (Å²) in [5.74, 6) is -3.67. The van der Waals surface area contributed by atoms with Gasteiger partial charge in [0, 0.05) is 36.8 Å². The second-order valence-corrected chi connectivity index (χ2v) is 10.5. The van der Waals surface area contributed by atoms with E-state index >= 15 is 0 Å². The van der Waals surface area contributed by atoms with Crippen LogP contribution in [0.3, 0.4) is 0 Å². The van der Waals surface area contributed by atoms with Crippen molar-refractivity contribution in [3.63, 3.8) is 0 Å². The molecule has 0 radical (unpaired) electrons. The first kappa shape index (κ1) is 33.3. The smallest absolute Gasteiger partial charge is 0.308 e. The number of ether oxygens (including phenoxy) is 1. The number of alkyl halides is 2. The molecule has 0 saturated heterocycles. The minimum absolute atomic E-state index is 0.0101.